The number of sulfonamides is 1. The lowest BCUT2D eigenvalue weighted by molar-refractivity contribution is 0.0386. The van der Waals surface area contributed by atoms with E-state index in [1.807, 2.05) is 6.92 Å². The zero-order valence-corrected chi connectivity index (χ0v) is 13.9. The number of nitrogens with one attached hydrogen (secondary N) is 2. The molecule has 1 saturated carbocycles. The van der Waals surface area contributed by atoms with Crippen molar-refractivity contribution in [2.45, 2.75) is 55.6 Å². The van der Waals surface area contributed by atoms with Gasteiger partial charge in [-0.1, -0.05) is 0 Å². The normalized spacial score (nSPS) is 26.9. The first-order valence-electron chi connectivity index (χ1n) is 7.39. The summed E-state index contributed by atoms with van der Waals surface area (Å²) >= 11 is 1.49. The van der Waals surface area contributed by atoms with Gasteiger partial charge in [0.25, 0.3) is 0 Å². The summed E-state index contributed by atoms with van der Waals surface area (Å²) in [5.74, 6) is 0. The number of hydrogen-bond acceptors (Lipinski definition) is 5. The van der Waals surface area contributed by atoms with Gasteiger partial charge in [0.2, 0.25) is 10.0 Å². The van der Waals surface area contributed by atoms with Crippen molar-refractivity contribution in [1.82, 2.24) is 10.0 Å². The minimum atomic E-state index is -3.47. The monoisotopic (exact) mass is 330 g/mol. The number of hydrogen-bond donors (Lipinski definition) is 2. The van der Waals surface area contributed by atoms with Crippen LogP contribution in [0.1, 0.15) is 37.5 Å². The van der Waals surface area contributed by atoms with Crippen molar-refractivity contribution in [3.63, 3.8) is 0 Å². The second-order valence-electron chi connectivity index (χ2n) is 6.23. The summed E-state index contributed by atoms with van der Waals surface area (Å²) in [7, 11) is -3.47. The van der Waals surface area contributed by atoms with Crippen molar-refractivity contribution >= 4 is 21.4 Å². The Balaban J connectivity index is 1.65. The lowest BCUT2D eigenvalue weighted by atomic mass is 9.97. The predicted molar refractivity (Wildman–Crippen MR) is 83.0 cm³/mol. The molecule has 0 spiro atoms. The molecule has 0 amide bonds. The Bertz CT molecular complexity index is 587. The second kappa shape index (κ2) is 5.96. The van der Waals surface area contributed by atoms with Crippen molar-refractivity contribution < 1.29 is 13.2 Å². The molecule has 1 aliphatic carbocycles. The van der Waals surface area contributed by atoms with E-state index in [-0.39, 0.29) is 0 Å². The maximum atomic E-state index is 12.5. The Kier molecular flexibility index (Phi) is 4.38. The molecule has 0 aromatic carbocycles. The van der Waals surface area contributed by atoms with Crippen LogP contribution in [-0.4, -0.2) is 33.2 Å². The molecule has 2 fully saturated rings. The highest BCUT2D eigenvalue weighted by molar-refractivity contribution is 7.89. The Labute approximate surface area is 130 Å². The number of ether oxygens (including phenoxy) is 1. The van der Waals surface area contributed by atoms with E-state index < -0.39 is 15.6 Å². The first-order valence-corrected chi connectivity index (χ1v) is 9.76. The summed E-state index contributed by atoms with van der Waals surface area (Å²) < 4.78 is 33.2. The third kappa shape index (κ3) is 4.04. The summed E-state index contributed by atoms with van der Waals surface area (Å²) in [6.07, 6.45) is 4.17. The summed E-state index contributed by atoms with van der Waals surface area (Å²) in [5.41, 5.74) is -0.495. The molecule has 1 saturated heterocycles. The van der Waals surface area contributed by atoms with Gasteiger partial charge in [0.15, 0.2) is 0 Å². The van der Waals surface area contributed by atoms with Gasteiger partial charge < -0.3 is 10.1 Å². The Morgan fingerprint density at radius 3 is 2.95 bits per heavy atom. The Morgan fingerprint density at radius 2 is 2.29 bits per heavy atom. The quantitative estimate of drug-likeness (QED) is 0.835. The van der Waals surface area contributed by atoms with Crippen LogP contribution in [-0.2, 0) is 21.3 Å². The van der Waals surface area contributed by atoms with Gasteiger partial charge in [-0.05, 0) is 38.7 Å². The topological polar surface area (TPSA) is 67.4 Å². The highest BCUT2D eigenvalue weighted by Crippen LogP contribution is 2.25. The van der Waals surface area contributed by atoms with E-state index in [9.17, 15) is 8.42 Å². The van der Waals surface area contributed by atoms with E-state index >= 15 is 0 Å². The molecular weight excluding hydrogens is 308 g/mol. The van der Waals surface area contributed by atoms with E-state index in [1.165, 1.54) is 24.2 Å². The van der Waals surface area contributed by atoms with Crippen LogP contribution in [0.2, 0.25) is 0 Å². The Morgan fingerprint density at radius 1 is 1.48 bits per heavy atom. The summed E-state index contributed by atoms with van der Waals surface area (Å²) in [6.45, 7) is 3.82. The van der Waals surface area contributed by atoms with E-state index in [4.69, 9.17) is 4.74 Å². The predicted octanol–water partition coefficient (Wildman–Crippen LogP) is 1.85. The van der Waals surface area contributed by atoms with Crippen molar-refractivity contribution in [3.8, 4) is 0 Å². The first kappa shape index (κ1) is 15.4. The van der Waals surface area contributed by atoms with Crippen LogP contribution in [0.4, 0.5) is 0 Å². The summed E-state index contributed by atoms with van der Waals surface area (Å²) in [5, 5.41) is 5.12. The van der Waals surface area contributed by atoms with Gasteiger partial charge in [-0.3, -0.25) is 0 Å². The lowest BCUT2D eigenvalue weighted by Gasteiger charge is -2.33. The van der Waals surface area contributed by atoms with Crippen LogP contribution >= 0.6 is 11.3 Å². The Hall–Kier alpha value is -0.470. The molecule has 1 unspecified atom stereocenters. The number of thiophene rings is 1. The minimum Gasteiger partial charge on any atom is -0.380 e. The molecule has 2 N–H and O–H groups in total. The molecule has 1 atom stereocenters. The van der Waals surface area contributed by atoms with Gasteiger partial charge in [-0.25, -0.2) is 13.1 Å². The zero-order valence-electron chi connectivity index (χ0n) is 12.2. The molecule has 0 bridgehead atoms. The molecule has 0 radical (unpaired) electrons. The van der Waals surface area contributed by atoms with Crippen molar-refractivity contribution in [1.29, 1.82) is 0 Å². The SMILES string of the molecule is CC1(NS(=O)(=O)c2csc(CNC3CC3)c2)CCCOC1. The van der Waals surface area contributed by atoms with E-state index in [1.54, 1.807) is 11.4 Å². The molecule has 118 valence electrons. The summed E-state index contributed by atoms with van der Waals surface area (Å²) in [6, 6.07) is 2.40. The standard InChI is InChI=1S/C14H22N2O3S2/c1-14(5-2-6-19-10-14)16-21(17,18)13-7-12(20-9-13)8-15-11-3-4-11/h7,9,11,15-16H,2-6,8,10H2,1H3. The molecule has 1 aromatic rings. The molecule has 3 rings (SSSR count). The minimum absolute atomic E-state index is 0.367. The van der Waals surface area contributed by atoms with Gasteiger partial charge in [-0.2, -0.15) is 0 Å². The third-order valence-electron chi connectivity index (χ3n) is 3.90. The van der Waals surface area contributed by atoms with Crippen LogP contribution in [0, 0.1) is 0 Å². The maximum absolute atomic E-state index is 12.5. The van der Waals surface area contributed by atoms with Crippen LogP contribution in [0.3, 0.4) is 0 Å². The molecule has 1 aromatic heterocycles. The fourth-order valence-corrected chi connectivity index (χ4v) is 5.17. The van der Waals surface area contributed by atoms with Gasteiger partial charge in [-0.15, -0.1) is 11.3 Å². The molecule has 21 heavy (non-hydrogen) atoms. The molecular formula is C14H22N2O3S2. The molecule has 2 heterocycles. The fourth-order valence-electron chi connectivity index (χ4n) is 2.52. The molecule has 5 nitrogen and oxygen atoms in total. The van der Waals surface area contributed by atoms with Gasteiger partial charge in [0, 0.05) is 29.5 Å². The second-order valence-corrected chi connectivity index (χ2v) is 8.90. The average Bonchev–Trinajstić information content (AvgIpc) is 3.12. The zero-order chi connectivity index (χ0) is 14.9. The van der Waals surface area contributed by atoms with Crippen molar-refractivity contribution in [3.05, 3.63) is 16.3 Å². The van der Waals surface area contributed by atoms with Crippen molar-refractivity contribution in [2.75, 3.05) is 13.2 Å². The van der Waals surface area contributed by atoms with Crippen LogP contribution < -0.4 is 10.0 Å². The largest absolute Gasteiger partial charge is 0.380 e. The third-order valence-corrected chi connectivity index (χ3v) is 6.60. The van der Waals surface area contributed by atoms with E-state index in [0.29, 0.717) is 24.2 Å². The lowest BCUT2D eigenvalue weighted by Crippen LogP contribution is -2.51. The van der Waals surface area contributed by atoms with Crippen LogP contribution in [0.5, 0.6) is 0 Å². The molecule has 1 aliphatic heterocycles. The maximum Gasteiger partial charge on any atom is 0.241 e. The fraction of sp³-hybridized carbons (Fsp3) is 0.714. The highest BCUT2D eigenvalue weighted by Gasteiger charge is 2.33. The smallest absolute Gasteiger partial charge is 0.241 e. The van der Waals surface area contributed by atoms with Gasteiger partial charge in [0.05, 0.1) is 17.0 Å². The first-order chi connectivity index (χ1) is 9.97. The molecule has 7 heteroatoms. The van der Waals surface area contributed by atoms with Gasteiger partial charge in [0.1, 0.15) is 0 Å². The van der Waals surface area contributed by atoms with E-state index in [0.717, 1.165) is 24.3 Å². The van der Waals surface area contributed by atoms with Crippen LogP contribution in [0.15, 0.2) is 16.3 Å². The molecule has 2 aliphatic rings. The van der Waals surface area contributed by atoms with Crippen LogP contribution in [0.25, 0.3) is 0 Å². The van der Waals surface area contributed by atoms with Crippen molar-refractivity contribution in [2.24, 2.45) is 0 Å². The number of rotatable bonds is 6. The van der Waals surface area contributed by atoms with E-state index in [2.05, 4.69) is 10.0 Å². The van der Waals surface area contributed by atoms with Gasteiger partial charge >= 0.3 is 0 Å². The summed E-state index contributed by atoms with van der Waals surface area (Å²) in [4.78, 5) is 1.43. The highest BCUT2D eigenvalue weighted by atomic mass is 32.2. The average molecular weight is 330 g/mol.